The maximum Gasteiger partial charge on any atom is 0.342 e. The third-order valence-corrected chi connectivity index (χ3v) is 6.23. The van der Waals surface area contributed by atoms with Gasteiger partial charge in [-0.3, -0.25) is 4.79 Å². The van der Waals surface area contributed by atoms with Gasteiger partial charge in [0.1, 0.15) is 5.56 Å². The van der Waals surface area contributed by atoms with Gasteiger partial charge in [-0.25, -0.2) is 13.2 Å². The Hall–Kier alpha value is -2.29. The average Bonchev–Trinajstić information content (AvgIpc) is 3.02. The predicted octanol–water partition coefficient (Wildman–Crippen LogP) is 1.53. The molecule has 9 heteroatoms. The van der Waals surface area contributed by atoms with E-state index in [1.807, 2.05) is 13.8 Å². The molecule has 1 aromatic carbocycles. The lowest BCUT2D eigenvalue weighted by atomic mass is 10.1. The first-order valence-corrected chi connectivity index (χ1v) is 10.9. The van der Waals surface area contributed by atoms with Crippen molar-refractivity contribution in [3.63, 3.8) is 0 Å². The van der Waals surface area contributed by atoms with Crippen LogP contribution < -0.4 is 9.47 Å². The van der Waals surface area contributed by atoms with E-state index in [4.69, 9.17) is 14.2 Å². The first-order valence-electron chi connectivity index (χ1n) is 9.06. The Morgan fingerprint density at radius 3 is 2.46 bits per heavy atom. The van der Waals surface area contributed by atoms with Crippen LogP contribution in [0, 0.1) is 5.92 Å². The summed E-state index contributed by atoms with van der Waals surface area (Å²) in [5.74, 6) is -0.354. The van der Waals surface area contributed by atoms with E-state index in [0.717, 1.165) is 0 Å². The highest BCUT2D eigenvalue weighted by atomic mass is 32.2. The van der Waals surface area contributed by atoms with Crippen molar-refractivity contribution in [1.82, 2.24) is 4.90 Å². The fraction of sp³-hybridized carbons (Fsp3) is 0.579. The number of hydrogen-bond acceptors (Lipinski definition) is 7. The molecule has 1 amide bonds. The van der Waals surface area contributed by atoms with Crippen molar-refractivity contribution in [2.75, 3.05) is 38.9 Å². The third-order valence-electron chi connectivity index (χ3n) is 4.48. The maximum absolute atomic E-state index is 12.7. The SMILES string of the molecule is COc1cccc(C(=O)OCC(=O)N(CC(C)C)[C@H]2CCS(=O)(=O)C2)c1OC. The maximum atomic E-state index is 12.7. The molecule has 1 aliphatic heterocycles. The molecule has 0 aromatic heterocycles. The van der Waals surface area contributed by atoms with Gasteiger partial charge in [0.25, 0.3) is 5.91 Å². The van der Waals surface area contributed by atoms with E-state index in [0.29, 0.717) is 18.7 Å². The van der Waals surface area contributed by atoms with Gasteiger partial charge in [0.05, 0.1) is 25.7 Å². The molecule has 1 fully saturated rings. The van der Waals surface area contributed by atoms with Crippen molar-refractivity contribution in [2.24, 2.45) is 5.92 Å². The summed E-state index contributed by atoms with van der Waals surface area (Å²) >= 11 is 0. The van der Waals surface area contributed by atoms with E-state index in [1.54, 1.807) is 12.1 Å². The minimum absolute atomic E-state index is 0.0525. The second-order valence-corrected chi connectivity index (χ2v) is 9.34. The van der Waals surface area contributed by atoms with Crippen LogP contribution in [0.25, 0.3) is 0 Å². The molecule has 0 saturated carbocycles. The van der Waals surface area contributed by atoms with Crippen LogP contribution in [0.4, 0.5) is 0 Å². The van der Waals surface area contributed by atoms with Gasteiger partial charge in [-0.2, -0.15) is 0 Å². The number of para-hydroxylation sites is 1. The summed E-state index contributed by atoms with van der Waals surface area (Å²) in [7, 11) is -0.271. The van der Waals surface area contributed by atoms with Crippen LogP contribution in [-0.2, 0) is 19.4 Å². The van der Waals surface area contributed by atoms with E-state index >= 15 is 0 Å². The van der Waals surface area contributed by atoms with Crippen molar-refractivity contribution in [2.45, 2.75) is 26.3 Å². The molecular weight excluding hydrogens is 386 g/mol. The number of benzene rings is 1. The lowest BCUT2D eigenvalue weighted by Gasteiger charge is -2.29. The lowest BCUT2D eigenvalue weighted by Crippen LogP contribution is -2.45. The number of carbonyl (C=O) groups excluding carboxylic acids is 2. The van der Waals surface area contributed by atoms with Gasteiger partial charge in [0.2, 0.25) is 0 Å². The highest BCUT2D eigenvalue weighted by Crippen LogP contribution is 2.31. The van der Waals surface area contributed by atoms with Crippen LogP contribution in [0.5, 0.6) is 11.5 Å². The van der Waals surface area contributed by atoms with Crippen LogP contribution in [0.3, 0.4) is 0 Å². The molecule has 1 aromatic rings. The Balaban J connectivity index is 2.09. The molecule has 1 aliphatic rings. The number of carbonyl (C=O) groups is 2. The highest BCUT2D eigenvalue weighted by molar-refractivity contribution is 7.91. The van der Waals surface area contributed by atoms with E-state index in [1.165, 1.54) is 25.2 Å². The largest absolute Gasteiger partial charge is 0.493 e. The molecule has 0 bridgehead atoms. The third kappa shape index (κ3) is 5.37. The Morgan fingerprint density at radius 1 is 1.21 bits per heavy atom. The number of nitrogens with zero attached hydrogens (tertiary/aromatic N) is 1. The summed E-state index contributed by atoms with van der Waals surface area (Å²) in [4.78, 5) is 26.6. The summed E-state index contributed by atoms with van der Waals surface area (Å²) in [6, 6.07) is 4.40. The molecule has 2 rings (SSSR count). The van der Waals surface area contributed by atoms with Crippen molar-refractivity contribution in [3.8, 4) is 11.5 Å². The first-order chi connectivity index (χ1) is 13.2. The molecule has 156 valence electrons. The van der Waals surface area contributed by atoms with Crippen molar-refractivity contribution < 1.29 is 32.2 Å². The lowest BCUT2D eigenvalue weighted by molar-refractivity contribution is -0.137. The number of rotatable bonds is 8. The Bertz CT molecular complexity index is 820. The van der Waals surface area contributed by atoms with Crippen LogP contribution in [-0.4, -0.2) is 70.1 Å². The second kappa shape index (κ2) is 9.27. The van der Waals surface area contributed by atoms with Crippen molar-refractivity contribution >= 4 is 21.7 Å². The molecule has 0 unspecified atom stereocenters. The van der Waals surface area contributed by atoms with Gasteiger partial charge in [-0.05, 0) is 24.5 Å². The fourth-order valence-electron chi connectivity index (χ4n) is 3.20. The molecule has 1 heterocycles. The minimum atomic E-state index is -3.13. The molecule has 0 N–H and O–H groups in total. The number of sulfone groups is 1. The molecule has 0 spiro atoms. The van der Waals surface area contributed by atoms with E-state index in [9.17, 15) is 18.0 Å². The quantitative estimate of drug-likeness (QED) is 0.596. The first kappa shape index (κ1) is 22.0. The van der Waals surface area contributed by atoms with E-state index in [-0.39, 0.29) is 34.8 Å². The zero-order valence-corrected chi connectivity index (χ0v) is 17.5. The Labute approximate surface area is 165 Å². The second-order valence-electron chi connectivity index (χ2n) is 7.11. The summed E-state index contributed by atoms with van der Waals surface area (Å²) in [5, 5.41) is 0. The Morgan fingerprint density at radius 2 is 1.93 bits per heavy atom. The van der Waals surface area contributed by atoms with Crippen LogP contribution in [0.2, 0.25) is 0 Å². The number of hydrogen-bond donors (Lipinski definition) is 0. The predicted molar refractivity (Wildman–Crippen MR) is 103 cm³/mol. The van der Waals surface area contributed by atoms with Crippen molar-refractivity contribution in [1.29, 1.82) is 0 Å². The van der Waals surface area contributed by atoms with E-state index in [2.05, 4.69) is 0 Å². The van der Waals surface area contributed by atoms with Crippen LogP contribution in [0.15, 0.2) is 18.2 Å². The number of amides is 1. The summed E-state index contributed by atoms with van der Waals surface area (Å²) in [6.07, 6.45) is 0.401. The smallest absolute Gasteiger partial charge is 0.342 e. The summed E-state index contributed by atoms with van der Waals surface area (Å²) in [6.45, 7) is 3.81. The molecular formula is C19H27NO7S. The molecule has 8 nitrogen and oxygen atoms in total. The van der Waals surface area contributed by atoms with Gasteiger partial charge >= 0.3 is 5.97 Å². The number of methoxy groups -OCH3 is 2. The fourth-order valence-corrected chi connectivity index (χ4v) is 4.94. The zero-order valence-electron chi connectivity index (χ0n) is 16.6. The van der Waals surface area contributed by atoms with Gasteiger partial charge in [-0.1, -0.05) is 19.9 Å². The zero-order chi connectivity index (χ0) is 20.9. The summed E-state index contributed by atoms with van der Waals surface area (Å²) < 4.78 is 39.1. The number of esters is 1. The number of ether oxygens (including phenoxy) is 3. The minimum Gasteiger partial charge on any atom is -0.493 e. The molecule has 28 heavy (non-hydrogen) atoms. The highest BCUT2D eigenvalue weighted by Gasteiger charge is 2.35. The molecule has 1 saturated heterocycles. The van der Waals surface area contributed by atoms with Gasteiger partial charge in [-0.15, -0.1) is 0 Å². The summed E-state index contributed by atoms with van der Waals surface area (Å²) in [5.41, 5.74) is 0.147. The molecule has 0 radical (unpaired) electrons. The topological polar surface area (TPSA) is 99.2 Å². The van der Waals surface area contributed by atoms with E-state index < -0.39 is 28.3 Å². The standard InChI is InChI=1S/C19H27NO7S/c1-13(2)10-20(14-8-9-28(23,24)12-14)17(21)11-27-19(22)15-6-5-7-16(25-3)18(15)26-4/h5-7,13-14H,8-12H2,1-4H3/t14-/m0/s1. The average molecular weight is 413 g/mol. The van der Waals surface area contributed by atoms with Crippen LogP contribution in [0.1, 0.15) is 30.6 Å². The van der Waals surface area contributed by atoms with Gasteiger partial charge in [0.15, 0.2) is 27.9 Å². The van der Waals surface area contributed by atoms with Gasteiger partial charge < -0.3 is 19.1 Å². The Kier molecular flexibility index (Phi) is 7.29. The molecule has 0 aliphatic carbocycles. The van der Waals surface area contributed by atoms with Gasteiger partial charge in [0, 0.05) is 12.6 Å². The monoisotopic (exact) mass is 413 g/mol. The normalized spacial score (nSPS) is 18.0. The van der Waals surface area contributed by atoms with Crippen LogP contribution >= 0.6 is 0 Å². The molecule has 1 atom stereocenters. The van der Waals surface area contributed by atoms with Crippen molar-refractivity contribution in [3.05, 3.63) is 23.8 Å².